The third kappa shape index (κ3) is 2.75. The Morgan fingerprint density at radius 2 is 2.26 bits per heavy atom. The molecule has 3 heteroatoms. The first-order valence-corrected chi connectivity index (χ1v) is 8.67. The second-order valence-electron chi connectivity index (χ2n) is 6.92. The van der Waals surface area contributed by atoms with Crippen LogP contribution in [0, 0.1) is 18.3 Å². The van der Waals surface area contributed by atoms with E-state index in [0.717, 1.165) is 44.5 Å². The Morgan fingerprint density at radius 1 is 1.43 bits per heavy atom. The molecule has 4 atom stereocenters. The number of nitrogens with zero attached hydrogens (tertiary/aromatic N) is 1. The topological polar surface area (TPSA) is 32.7 Å². The average Bonchev–Trinajstić information content (AvgIpc) is 2.60. The van der Waals surface area contributed by atoms with Crippen LogP contribution in [0.1, 0.15) is 38.2 Å². The molecule has 1 aliphatic heterocycles. The van der Waals surface area contributed by atoms with Gasteiger partial charge in [-0.2, -0.15) is 0 Å². The zero-order valence-corrected chi connectivity index (χ0v) is 14.2. The Labute approximate surface area is 139 Å². The number of hydrogen-bond donors (Lipinski definition) is 1. The molecule has 3 nitrogen and oxygen atoms in total. The van der Waals surface area contributed by atoms with Crippen molar-refractivity contribution in [2.75, 3.05) is 20.2 Å². The third-order valence-electron chi connectivity index (χ3n) is 5.96. The SMILES string of the molecule is C#CC1C2CCC(O)CC2(c2cccc(OC)c2)CCN1CC. The standard InChI is InChI=1S/C20H27NO2/c1-4-19-18-10-9-16(22)14-20(18,11-12-21(19)5-2)15-7-6-8-17(13-15)23-3/h1,6-8,13,16,18-19,22H,5,9-12,14H2,2-3H3. The molecule has 1 aromatic carbocycles. The van der Waals surface area contributed by atoms with Crippen molar-refractivity contribution < 1.29 is 9.84 Å². The molecule has 0 amide bonds. The quantitative estimate of drug-likeness (QED) is 0.871. The molecule has 4 unspecified atom stereocenters. The van der Waals surface area contributed by atoms with E-state index >= 15 is 0 Å². The van der Waals surface area contributed by atoms with Gasteiger partial charge in [0, 0.05) is 12.0 Å². The fourth-order valence-electron chi connectivity index (χ4n) is 4.79. The van der Waals surface area contributed by atoms with E-state index in [1.807, 2.05) is 6.07 Å². The van der Waals surface area contributed by atoms with Crippen LogP contribution in [-0.4, -0.2) is 42.4 Å². The first-order valence-electron chi connectivity index (χ1n) is 8.67. The van der Waals surface area contributed by atoms with Crippen LogP contribution in [0.4, 0.5) is 0 Å². The van der Waals surface area contributed by atoms with Crippen molar-refractivity contribution >= 4 is 0 Å². The largest absolute Gasteiger partial charge is 0.497 e. The Hall–Kier alpha value is -1.50. The zero-order chi connectivity index (χ0) is 16.4. The second-order valence-corrected chi connectivity index (χ2v) is 6.92. The Kier molecular flexibility index (Phi) is 4.66. The molecule has 0 aromatic heterocycles. The fourth-order valence-corrected chi connectivity index (χ4v) is 4.79. The van der Waals surface area contributed by atoms with Gasteiger partial charge in [-0.25, -0.2) is 0 Å². The molecule has 0 bridgehead atoms. The van der Waals surface area contributed by atoms with Gasteiger partial charge < -0.3 is 9.84 Å². The van der Waals surface area contributed by atoms with E-state index < -0.39 is 0 Å². The summed E-state index contributed by atoms with van der Waals surface area (Å²) in [5.41, 5.74) is 1.24. The number of ether oxygens (including phenoxy) is 1. The molecule has 23 heavy (non-hydrogen) atoms. The Balaban J connectivity index is 2.05. The van der Waals surface area contributed by atoms with E-state index in [1.165, 1.54) is 5.56 Å². The van der Waals surface area contributed by atoms with Gasteiger partial charge in [0.2, 0.25) is 0 Å². The predicted molar refractivity (Wildman–Crippen MR) is 92.5 cm³/mol. The monoisotopic (exact) mass is 313 g/mol. The molecule has 1 N–H and O–H groups in total. The molecule has 2 aliphatic rings. The highest BCUT2D eigenvalue weighted by Gasteiger charge is 2.51. The maximum atomic E-state index is 10.4. The van der Waals surface area contributed by atoms with Crippen LogP contribution < -0.4 is 4.74 Å². The van der Waals surface area contributed by atoms with Gasteiger partial charge in [0.1, 0.15) is 5.75 Å². The van der Waals surface area contributed by atoms with E-state index in [-0.39, 0.29) is 17.6 Å². The molecule has 1 heterocycles. The molecular formula is C20H27NO2. The van der Waals surface area contributed by atoms with Crippen molar-refractivity contribution in [2.45, 2.75) is 50.2 Å². The highest BCUT2D eigenvalue weighted by Crippen LogP contribution is 2.51. The van der Waals surface area contributed by atoms with Crippen molar-refractivity contribution in [2.24, 2.45) is 5.92 Å². The highest BCUT2D eigenvalue weighted by molar-refractivity contribution is 5.37. The van der Waals surface area contributed by atoms with Gasteiger partial charge in [-0.15, -0.1) is 6.42 Å². The molecule has 124 valence electrons. The number of fused-ring (bicyclic) bond motifs is 1. The third-order valence-corrected chi connectivity index (χ3v) is 5.96. The summed E-state index contributed by atoms with van der Waals surface area (Å²) in [7, 11) is 1.70. The van der Waals surface area contributed by atoms with Gasteiger partial charge in [-0.3, -0.25) is 4.90 Å². The minimum atomic E-state index is -0.232. The second kappa shape index (κ2) is 6.55. The maximum absolute atomic E-state index is 10.4. The number of aliphatic hydroxyl groups excluding tert-OH is 1. The minimum absolute atomic E-state index is 0.0328. The summed E-state index contributed by atoms with van der Waals surface area (Å²) >= 11 is 0. The predicted octanol–water partition coefficient (Wildman–Crippen LogP) is 2.82. The molecular weight excluding hydrogens is 286 g/mol. The first-order chi connectivity index (χ1) is 11.1. The summed E-state index contributed by atoms with van der Waals surface area (Å²) in [6.45, 7) is 4.16. The van der Waals surface area contributed by atoms with Crippen LogP contribution in [-0.2, 0) is 5.41 Å². The number of hydrogen-bond acceptors (Lipinski definition) is 3. The lowest BCUT2D eigenvalue weighted by molar-refractivity contribution is -0.0209. The van der Waals surface area contributed by atoms with Crippen LogP contribution in [0.15, 0.2) is 24.3 Å². The smallest absolute Gasteiger partial charge is 0.119 e. The van der Waals surface area contributed by atoms with Crippen LogP contribution >= 0.6 is 0 Å². The molecule has 1 aromatic rings. The maximum Gasteiger partial charge on any atom is 0.119 e. The van der Waals surface area contributed by atoms with Crippen LogP contribution in [0.3, 0.4) is 0 Å². The normalized spacial score (nSPS) is 34.4. The first kappa shape index (κ1) is 16.4. The summed E-state index contributed by atoms with van der Waals surface area (Å²) in [4.78, 5) is 2.42. The van der Waals surface area contributed by atoms with Crippen LogP contribution in [0.2, 0.25) is 0 Å². The van der Waals surface area contributed by atoms with Crippen molar-refractivity contribution in [3.63, 3.8) is 0 Å². The van der Waals surface area contributed by atoms with Gasteiger partial charge >= 0.3 is 0 Å². The molecule has 0 spiro atoms. The lowest BCUT2D eigenvalue weighted by atomic mass is 9.56. The lowest BCUT2D eigenvalue weighted by Crippen LogP contribution is -2.58. The van der Waals surface area contributed by atoms with E-state index in [0.29, 0.717) is 5.92 Å². The number of terminal acetylenes is 1. The van der Waals surface area contributed by atoms with E-state index in [1.54, 1.807) is 7.11 Å². The van der Waals surface area contributed by atoms with E-state index in [4.69, 9.17) is 11.2 Å². The number of methoxy groups -OCH3 is 1. The molecule has 3 rings (SSSR count). The van der Waals surface area contributed by atoms with Crippen LogP contribution in [0.5, 0.6) is 5.75 Å². The number of rotatable bonds is 3. The number of aliphatic hydroxyl groups is 1. The van der Waals surface area contributed by atoms with Crippen LogP contribution in [0.25, 0.3) is 0 Å². The fraction of sp³-hybridized carbons (Fsp3) is 0.600. The summed E-state index contributed by atoms with van der Waals surface area (Å²) in [5.74, 6) is 4.34. The van der Waals surface area contributed by atoms with Gasteiger partial charge in [-0.1, -0.05) is 25.0 Å². The number of likely N-dealkylation sites (tertiary alicyclic amines) is 1. The summed E-state index contributed by atoms with van der Waals surface area (Å²) in [5, 5.41) is 10.4. The van der Waals surface area contributed by atoms with E-state index in [9.17, 15) is 5.11 Å². The molecule has 1 saturated heterocycles. The van der Waals surface area contributed by atoms with Crippen molar-refractivity contribution in [3.8, 4) is 18.1 Å². The molecule has 2 fully saturated rings. The van der Waals surface area contributed by atoms with Crippen molar-refractivity contribution in [3.05, 3.63) is 29.8 Å². The number of benzene rings is 1. The lowest BCUT2D eigenvalue weighted by Gasteiger charge is -2.55. The minimum Gasteiger partial charge on any atom is -0.497 e. The number of piperidine rings is 1. The van der Waals surface area contributed by atoms with Gasteiger partial charge in [0.25, 0.3) is 0 Å². The van der Waals surface area contributed by atoms with Crippen molar-refractivity contribution in [1.82, 2.24) is 4.90 Å². The van der Waals surface area contributed by atoms with E-state index in [2.05, 4.69) is 35.9 Å². The Morgan fingerprint density at radius 3 is 2.96 bits per heavy atom. The van der Waals surface area contributed by atoms with Gasteiger partial charge in [0.15, 0.2) is 0 Å². The molecule has 1 aliphatic carbocycles. The summed E-state index contributed by atoms with van der Waals surface area (Å²) in [6.07, 6.45) is 9.39. The summed E-state index contributed by atoms with van der Waals surface area (Å²) in [6, 6.07) is 8.52. The Bertz CT molecular complexity index is 594. The highest BCUT2D eigenvalue weighted by atomic mass is 16.5. The van der Waals surface area contributed by atoms with Crippen molar-refractivity contribution in [1.29, 1.82) is 0 Å². The molecule has 0 radical (unpaired) electrons. The summed E-state index contributed by atoms with van der Waals surface area (Å²) < 4.78 is 5.43. The molecule has 1 saturated carbocycles. The van der Waals surface area contributed by atoms with Gasteiger partial charge in [0.05, 0.1) is 19.3 Å². The van der Waals surface area contributed by atoms with Gasteiger partial charge in [-0.05, 0) is 55.8 Å². The zero-order valence-electron chi connectivity index (χ0n) is 14.2. The average molecular weight is 313 g/mol.